The van der Waals surface area contributed by atoms with Gasteiger partial charge in [-0.1, -0.05) is 36.4 Å². The van der Waals surface area contributed by atoms with Gasteiger partial charge in [-0.15, -0.1) is 11.3 Å². The van der Waals surface area contributed by atoms with E-state index < -0.39 is 0 Å². The maximum Gasteiger partial charge on any atom is 0.261 e. The first-order valence-corrected chi connectivity index (χ1v) is 13.5. The van der Waals surface area contributed by atoms with E-state index in [1.165, 1.54) is 16.9 Å². The van der Waals surface area contributed by atoms with E-state index in [-0.39, 0.29) is 12.5 Å². The van der Waals surface area contributed by atoms with Crippen molar-refractivity contribution in [2.75, 3.05) is 38.2 Å². The van der Waals surface area contributed by atoms with Crippen LogP contribution in [0.2, 0.25) is 0 Å². The minimum atomic E-state index is -0.142. The summed E-state index contributed by atoms with van der Waals surface area (Å²) in [5, 5.41) is 15.6. The van der Waals surface area contributed by atoms with Gasteiger partial charge in [0.1, 0.15) is 0 Å². The van der Waals surface area contributed by atoms with E-state index in [0.717, 1.165) is 66.7 Å². The first-order chi connectivity index (χ1) is 18.7. The van der Waals surface area contributed by atoms with Gasteiger partial charge in [0.05, 0.1) is 35.3 Å². The quantitative estimate of drug-likeness (QED) is 0.283. The highest BCUT2D eigenvalue weighted by Gasteiger charge is 2.13. The minimum Gasteiger partial charge on any atom is -0.392 e. The van der Waals surface area contributed by atoms with E-state index in [1.807, 2.05) is 54.6 Å². The van der Waals surface area contributed by atoms with E-state index in [2.05, 4.69) is 37.6 Å². The largest absolute Gasteiger partial charge is 0.392 e. The van der Waals surface area contributed by atoms with Crippen LogP contribution in [0.4, 0.5) is 11.6 Å². The standard InChI is InChI=1S/C29H31N5O3S/c35-20-23-5-1-4-22(17-23)19-31-28(36)27-8-7-26(38-27)25-9-11-30-29(33-25)32-24-6-2-3-21(18-24)10-12-34-13-15-37-16-14-34/h1-9,11,17-18,35H,10,12-16,19-20H2,(H,31,36)(H,30,32,33). The number of rotatable bonds is 10. The molecule has 4 aromatic rings. The molecule has 3 N–H and O–H groups in total. The number of hydrogen-bond acceptors (Lipinski definition) is 8. The van der Waals surface area contributed by atoms with Crippen molar-refractivity contribution in [3.63, 3.8) is 0 Å². The van der Waals surface area contributed by atoms with E-state index in [4.69, 9.17) is 4.74 Å². The molecule has 0 unspecified atom stereocenters. The van der Waals surface area contributed by atoms with Crippen LogP contribution in [-0.2, 0) is 24.3 Å². The van der Waals surface area contributed by atoms with Crippen LogP contribution in [0, 0.1) is 0 Å². The van der Waals surface area contributed by atoms with Crippen molar-refractivity contribution in [2.45, 2.75) is 19.6 Å². The van der Waals surface area contributed by atoms with Crippen LogP contribution in [0.3, 0.4) is 0 Å². The molecule has 5 rings (SSSR count). The summed E-state index contributed by atoms with van der Waals surface area (Å²) < 4.78 is 5.43. The van der Waals surface area contributed by atoms with Gasteiger partial charge in [-0.25, -0.2) is 9.97 Å². The van der Waals surface area contributed by atoms with Gasteiger partial charge in [-0.2, -0.15) is 0 Å². The zero-order chi connectivity index (χ0) is 26.2. The molecular formula is C29H31N5O3S. The number of carbonyl (C=O) groups excluding carboxylic acids is 1. The second-order valence-corrected chi connectivity index (χ2v) is 10.2. The predicted molar refractivity (Wildman–Crippen MR) is 150 cm³/mol. The van der Waals surface area contributed by atoms with Gasteiger partial charge in [0.25, 0.3) is 5.91 Å². The second-order valence-electron chi connectivity index (χ2n) is 9.12. The number of nitrogens with zero attached hydrogens (tertiary/aromatic N) is 3. The number of ether oxygens (including phenoxy) is 1. The minimum absolute atomic E-state index is 0.0216. The molecule has 0 spiro atoms. The highest BCUT2D eigenvalue weighted by atomic mass is 32.1. The van der Waals surface area contributed by atoms with E-state index >= 15 is 0 Å². The summed E-state index contributed by atoms with van der Waals surface area (Å²) in [6.07, 6.45) is 2.70. The Balaban J connectivity index is 1.19. The highest BCUT2D eigenvalue weighted by Crippen LogP contribution is 2.27. The number of thiophene rings is 1. The summed E-state index contributed by atoms with van der Waals surface area (Å²) in [4.78, 5) is 25.7. The van der Waals surface area contributed by atoms with Gasteiger partial charge in [-0.05, 0) is 53.4 Å². The number of hydrogen-bond donors (Lipinski definition) is 3. The summed E-state index contributed by atoms with van der Waals surface area (Å²) in [6.45, 7) is 4.99. The van der Waals surface area contributed by atoms with Gasteiger partial charge < -0.3 is 20.5 Å². The van der Waals surface area contributed by atoms with Crippen molar-refractivity contribution < 1.29 is 14.6 Å². The van der Waals surface area contributed by atoms with Crippen molar-refractivity contribution in [1.29, 1.82) is 0 Å². The van der Waals surface area contributed by atoms with Crippen molar-refractivity contribution in [3.05, 3.63) is 94.5 Å². The second kappa shape index (κ2) is 12.7. The molecule has 2 aromatic carbocycles. The number of anilines is 2. The number of benzene rings is 2. The lowest BCUT2D eigenvalue weighted by Crippen LogP contribution is -2.37. The summed E-state index contributed by atoms with van der Waals surface area (Å²) in [7, 11) is 0. The smallest absolute Gasteiger partial charge is 0.261 e. The van der Waals surface area contributed by atoms with Gasteiger partial charge >= 0.3 is 0 Å². The van der Waals surface area contributed by atoms with Gasteiger partial charge in [0.15, 0.2) is 0 Å². The summed E-state index contributed by atoms with van der Waals surface area (Å²) in [5.41, 5.74) is 4.72. The van der Waals surface area contributed by atoms with Crippen LogP contribution < -0.4 is 10.6 Å². The fourth-order valence-electron chi connectivity index (χ4n) is 4.31. The van der Waals surface area contributed by atoms with Crippen molar-refractivity contribution >= 4 is 28.9 Å². The van der Waals surface area contributed by atoms with Crippen molar-refractivity contribution in [2.24, 2.45) is 0 Å². The Kier molecular flexibility index (Phi) is 8.72. The Hall–Kier alpha value is -3.63. The Morgan fingerprint density at radius 3 is 2.68 bits per heavy atom. The van der Waals surface area contributed by atoms with Gasteiger partial charge in [0, 0.05) is 38.1 Å². The fraction of sp³-hybridized carbons (Fsp3) is 0.276. The average Bonchev–Trinajstić information content (AvgIpc) is 3.47. The fourth-order valence-corrected chi connectivity index (χ4v) is 5.20. The third-order valence-corrected chi connectivity index (χ3v) is 7.47. The molecule has 0 atom stereocenters. The molecule has 1 fully saturated rings. The molecule has 0 radical (unpaired) electrons. The van der Waals surface area contributed by atoms with Gasteiger partial charge in [-0.3, -0.25) is 9.69 Å². The third kappa shape index (κ3) is 7.02. The van der Waals surface area contributed by atoms with E-state index in [1.54, 1.807) is 6.20 Å². The Bertz CT molecular complexity index is 1370. The lowest BCUT2D eigenvalue weighted by molar-refractivity contribution is 0.0384. The molecule has 196 valence electrons. The van der Waals surface area contributed by atoms with Crippen LogP contribution in [-0.4, -0.2) is 58.7 Å². The molecule has 0 aliphatic carbocycles. The number of nitrogens with one attached hydrogen (secondary N) is 2. The molecule has 2 aromatic heterocycles. The number of aromatic nitrogens is 2. The summed E-state index contributed by atoms with van der Waals surface area (Å²) in [5.74, 6) is 0.368. The number of carbonyl (C=O) groups is 1. The molecular weight excluding hydrogens is 498 g/mol. The monoisotopic (exact) mass is 529 g/mol. The molecule has 1 saturated heterocycles. The Morgan fingerprint density at radius 1 is 1.00 bits per heavy atom. The van der Waals surface area contributed by atoms with Crippen LogP contribution in [0.5, 0.6) is 0 Å². The maximum absolute atomic E-state index is 12.7. The zero-order valence-corrected chi connectivity index (χ0v) is 21.9. The predicted octanol–water partition coefficient (Wildman–Crippen LogP) is 4.25. The molecule has 1 aliphatic rings. The summed E-state index contributed by atoms with van der Waals surface area (Å²) in [6, 6.07) is 21.4. The third-order valence-electron chi connectivity index (χ3n) is 6.37. The number of amides is 1. The van der Waals surface area contributed by atoms with Crippen molar-refractivity contribution in [3.8, 4) is 10.6 Å². The first kappa shape index (κ1) is 26.0. The van der Waals surface area contributed by atoms with Crippen LogP contribution in [0.1, 0.15) is 26.4 Å². The lowest BCUT2D eigenvalue weighted by Gasteiger charge is -2.26. The Morgan fingerprint density at radius 2 is 1.82 bits per heavy atom. The number of aliphatic hydroxyl groups excluding tert-OH is 1. The normalized spacial score (nSPS) is 13.8. The molecule has 1 amide bonds. The SMILES string of the molecule is O=C(NCc1cccc(CO)c1)c1ccc(-c2ccnc(Nc3cccc(CCN4CCOCC4)c3)n2)s1. The topological polar surface area (TPSA) is 99.6 Å². The highest BCUT2D eigenvalue weighted by molar-refractivity contribution is 7.17. The molecule has 38 heavy (non-hydrogen) atoms. The lowest BCUT2D eigenvalue weighted by atomic mass is 10.1. The summed E-state index contributed by atoms with van der Waals surface area (Å²) >= 11 is 1.39. The molecule has 0 saturated carbocycles. The molecule has 0 bridgehead atoms. The molecule has 1 aliphatic heterocycles. The van der Waals surface area contributed by atoms with E-state index in [9.17, 15) is 9.90 Å². The first-order valence-electron chi connectivity index (χ1n) is 12.7. The van der Waals surface area contributed by atoms with Gasteiger partial charge in [0.2, 0.25) is 5.95 Å². The number of aliphatic hydroxyl groups is 1. The molecule has 3 heterocycles. The van der Waals surface area contributed by atoms with E-state index in [0.29, 0.717) is 17.4 Å². The van der Waals surface area contributed by atoms with Crippen LogP contribution in [0.15, 0.2) is 72.9 Å². The number of morpholine rings is 1. The van der Waals surface area contributed by atoms with Crippen molar-refractivity contribution in [1.82, 2.24) is 20.2 Å². The average molecular weight is 530 g/mol. The zero-order valence-electron chi connectivity index (χ0n) is 21.1. The Labute approximate surface area is 226 Å². The van der Waals surface area contributed by atoms with Crippen LogP contribution >= 0.6 is 11.3 Å². The molecule has 9 heteroatoms. The molecule has 8 nitrogen and oxygen atoms in total. The van der Waals surface area contributed by atoms with Crippen LogP contribution in [0.25, 0.3) is 10.6 Å². The maximum atomic E-state index is 12.7.